The standard InChI is InChI=1S/C14H20FNO3/c1-10(2)19-8-7-14(9-16,13(17)18)11-5-3-4-6-12(11)15/h3-6,10H,7-9,16H2,1-2H3,(H,17,18). The van der Waals surface area contributed by atoms with Crippen molar-refractivity contribution < 1.29 is 19.0 Å². The highest BCUT2D eigenvalue weighted by molar-refractivity contribution is 5.81. The van der Waals surface area contributed by atoms with Crippen LogP contribution in [0.5, 0.6) is 0 Å². The van der Waals surface area contributed by atoms with E-state index in [1.165, 1.54) is 18.2 Å². The van der Waals surface area contributed by atoms with Crippen LogP contribution >= 0.6 is 0 Å². The number of hydrogen-bond donors (Lipinski definition) is 2. The molecular formula is C14H20FNO3. The fourth-order valence-electron chi connectivity index (χ4n) is 1.97. The van der Waals surface area contributed by atoms with Crippen molar-refractivity contribution in [2.75, 3.05) is 13.2 Å². The third-order valence-corrected chi connectivity index (χ3v) is 3.13. The van der Waals surface area contributed by atoms with Gasteiger partial charge in [-0.15, -0.1) is 0 Å². The van der Waals surface area contributed by atoms with E-state index in [0.717, 1.165) is 0 Å². The van der Waals surface area contributed by atoms with E-state index in [1.807, 2.05) is 13.8 Å². The van der Waals surface area contributed by atoms with Crippen molar-refractivity contribution in [3.8, 4) is 0 Å². The van der Waals surface area contributed by atoms with E-state index in [-0.39, 0.29) is 31.2 Å². The minimum Gasteiger partial charge on any atom is -0.481 e. The van der Waals surface area contributed by atoms with Crippen LogP contribution in [0.1, 0.15) is 25.8 Å². The molecule has 1 unspecified atom stereocenters. The first-order valence-corrected chi connectivity index (χ1v) is 6.24. The summed E-state index contributed by atoms with van der Waals surface area (Å²) in [4.78, 5) is 11.6. The van der Waals surface area contributed by atoms with Gasteiger partial charge in [0.15, 0.2) is 0 Å². The third-order valence-electron chi connectivity index (χ3n) is 3.13. The van der Waals surface area contributed by atoms with Gasteiger partial charge in [-0.05, 0) is 26.3 Å². The summed E-state index contributed by atoms with van der Waals surface area (Å²) in [6.07, 6.45) is 0.127. The van der Waals surface area contributed by atoms with Gasteiger partial charge in [0.25, 0.3) is 0 Å². The molecule has 0 spiro atoms. The number of rotatable bonds is 7. The van der Waals surface area contributed by atoms with E-state index >= 15 is 0 Å². The number of hydrogen-bond acceptors (Lipinski definition) is 3. The van der Waals surface area contributed by atoms with Crippen LogP contribution in [-0.4, -0.2) is 30.3 Å². The predicted octanol–water partition coefficient (Wildman–Crippen LogP) is 1.92. The second-order valence-electron chi connectivity index (χ2n) is 4.74. The van der Waals surface area contributed by atoms with Gasteiger partial charge in [0.1, 0.15) is 11.2 Å². The Morgan fingerprint density at radius 2 is 2.11 bits per heavy atom. The summed E-state index contributed by atoms with van der Waals surface area (Å²) in [5, 5.41) is 9.46. The Labute approximate surface area is 112 Å². The van der Waals surface area contributed by atoms with Crippen molar-refractivity contribution in [3.63, 3.8) is 0 Å². The fraction of sp³-hybridized carbons (Fsp3) is 0.500. The summed E-state index contributed by atoms with van der Waals surface area (Å²) >= 11 is 0. The van der Waals surface area contributed by atoms with Crippen LogP contribution in [0, 0.1) is 5.82 Å². The first kappa shape index (κ1) is 15.6. The highest BCUT2D eigenvalue weighted by Crippen LogP contribution is 2.30. The Kier molecular flexibility index (Phi) is 5.44. The molecule has 0 amide bonds. The molecule has 0 saturated heterocycles. The van der Waals surface area contributed by atoms with Gasteiger partial charge in [-0.3, -0.25) is 4.79 Å². The summed E-state index contributed by atoms with van der Waals surface area (Å²) in [5.74, 6) is -1.69. The number of carboxylic acids is 1. The highest BCUT2D eigenvalue weighted by Gasteiger charge is 2.40. The smallest absolute Gasteiger partial charge is 0.315 e. The van der Waals surface area contributed by atoms with Gasteiger partial charge in [-0.2, -0.15) is 0 Å². The average molecular weight is 269 g/mol. The van der Waals surface area contributed by atoms with Crippen molar-refractivity contribution in [3.05, 3.63) is 35.6 Å². The summed E-state index contributed by atoms with van der Waals surface area (Å²) in [6, 6.07) is 5.83. The van der Waals surface area contributed by atoms with Crippen LogP contribution in [0.25, 0.3) is 0 Å². The van der Waals surface area contributed by atoms with E-state index in [9.17, 15) is 14.3 Å². The molecule has 0 aliphatic rings. The number of aliphatic carboxylic acids is 1. The van der Waals surface area contributed by atoms with E-state index < -0.39 is 17.2 Å². The Morgan fingerprint density at radius 1 is 1.47 bits per heavy atom. The predicted molar refractivity (Wildman–Crippen MR) is 70.5 cm³/mol. The van der Waals surface area contributed by atoms with Crippen LogP contribution in [0.3, 0.4) is 0 Å². The van der Waals surface area contributed by atoms with Crippen LogP contribution in [0.2, 0.25) is 0 Å². The molecule has 0 bridgehead atoms. The molecule has 4 nitrogen and oxygen atoms in total. The maximum absolute atomic E-state index is 13.9. The maximum atomic E-state index is 13.9. The molecule has 3 N–H and O–H groups in total. The van der Waals surface area contributed by atoms with Gasteiger partial charge in [-0.1, -0.05) is 18.2 Å². The molecule has 0 heterocycles. The summed E-state index contributed by atoms with van der Waals surface area (Å²) in [5.41, 5.74) is 4.29. The average Bonchev–Trinajstić information content (AvgIpc) is 2.35. The molecule has 0 fully saturated rings. The summed E-state index contributed by atoms with van der Waals surface area (Å²) in [6.45, 7) is 3.75. The van der Waals surface area contributed by atoms with Crippen LogP contribution in [0.15, 0.2) is 24.3 Å². The second-order valence-corrected chi connectivity index (χ2v) is 4.74. The number of ether oxygens (including phenoxy) is 1. The van der Waals surface area contributed by atoms with Crippen LogP contribution in [-0.2, 0) is 14.9 Å². The molecule has 106 valence electrons. The minimum absolute atomic E-state index is 0.00936. The van der Waals surface area contributed by atoms with E-state index in [2.05, 4.69) is 0 Å². The zero-order chi connectivity index (χ0) is 14.5. The van der Waals surface area contributed by atoms with Gasteiger partial charge >= 0.3 is 5.97 Å². The molecule has 19 heavy (non-hydrogen) atoms. The Hall–Kier alpha value is -1.46. The maximum Gasteiger partial charge on any atom is 0.315 e. The molecule has 1 aromatic rings. The fourth-order valence-corrected chi connectivity index (χ4v) is 1.97. The third kappa shape index (κ3) is 3.52. The Bertz CT molecular complexity index is 436. The monoisotopic (exact) mass is 269 g/mol. The van der Waals surface area contributed by atoms with Crippen LogP contribution in [0.4, 0.5) is 4.39 Å². The van der Waals surface area contributed by atoms with E-state index in [1.54, 1.807) is 6.07 Å². The number of nitrogens with two attached hydrogens (primary N) is 1. The lowest BCUT2D eigenvalue weighted by Crippen LogP contribution is -2.44. The van der Waals surface area contributed by atoms with Crippen LogP contribution < -0.4 is 5.73 Å². The van der Waals surface area contributed by atoms with E-state index in [4.69, 9.17) is 10.5 Å². The lowest BCUT2D eigenvalue weighted by molar-refractivity contribution is -0.144. The summed E-state index contributed by atoms with van der Waals surface area (Å²) in [7, 11) is 0. The number of benzene rings is 1. The van der Waals surface area contributed by atoms with Gasteiger partial charge in [0.2, 0.25) is 0 Å². The normalized spacial score (nSPS) is 14.4. The zero-order valence-corrected chi connectivity index (χ0v) is 11.2. The molecule has 5 heteroatoms. The largest absolute Gasteiger partial charge is 0.481 e. The van der Waals surface area contributed by atoms with Crippen molar-refractivity contribution in [1.29, 1.82) is 0 Å². The summed E-state index contributed by atoms with van der Waals surface area (Å²) < 4.78 is 19.2. The molecule has 0 saturated carbocycles. The molecule has 0 aromatic heterocycles. The molecule has 1 atom stereocenters. The van der Waals surface area contributed by atoms with Gasteiger partial charge in [0, 0.05) is 18.7 Å². The molecule has 0 radical (unpaired) electrons. The Balaban J connectivity index is 3.06. The van der Waals surface area contributed by atoms with E-state index in [0.29, 0.717) is 0 Å². The lowest BCUT2D eigenvalue weighted by Gasteiger charge is -2.29. The van der Waals surface area contributed by atoms with Crippen molar-refractivity contribution in [2.24, 2.45) is 5.73 Å². The van der Waals surface area contributed by atoms with Gasteiger partial charge in [-0.25, -0.2) is 4.39 Å². The highest BCUT2D eigenvalue weighted by atomic mass is 19.1. The van der Waals surface area contributed by atoms with Gasteiger partial charge in [0.05, 0.1) is 6.10 Å². The lowest BCUT2D eigenvalue weighted by atomic mass is 9.77. The molecule has 1 aromatic carbocycles. The first-order chi connectivity index (χ1) is 8.94. The zero-order valence-electron chi connectivity index (χ0n) is 11.2. The molecule has 0 aliphatic heterocycles. The Morgan fingerprint density at radius 3 is 2.58 bits per heavy atom. The van der Waals surface area contributed by atoms with Crippen molar-refractivity contribution in [1.82, 2.24) is 0 Å². The topological polar surface area (TPSA) is 72.5 Å². The number of carbonyl (C=O) groups is 1. The second kappa shape index (κ2) is 6.63. The SMILES string of the molecule is CC(C)OCCC(CN)(C(=O)O)c1ccccc1F. The quantitative estimate of drug-likeness (QED) is 0.793. The minimum atomic E-state index is -1.44. The number of carboxylic acid groups (broad SMARTS) is 1. The van der Waals surface area contributed by atoms with Crippen molar-refractivity contribution >= 4 is 5.97 Å². The molecule has 0 aliphatic carbocycles. The van der Waals surface area contributed by atoms with Gasteiger partial charge < -0.3 is 15.6 Å². The number of halogens is 1. The molecule has 1 rings (SSSR count). The first-order valence-electron chi connectivity index (χ1n) is 6.24. The molecular weight excluding hydrogens is 249 g/mol. The van der Waals surface area contributed by atoms with Crippen molar-refractivity contribution in [2.45, 2.75) is 31.8 Å².